The number of amides is 3. The summed E-state index contributed by atoms with van der Waals surface area (Å²) >= 11 is 6.14. The van der Waals surface area contributed by atoms with Crippen LogP contribution >= 0.6 is 11.6 Å². The number of hydrogen-bond acceptors (Lipinski definition) is 4. The van der Waals surface area contributed by atoms with E-state index >= 15 is 0 Å². The van der Waals surface area contributed by atoms with Gasteiger partial charge >= 0.3 is 0 Å². The fourth-order valence-corrected chi connectivity index (χ4v) is 4.93. The Labute approximate surface area is 235 Å². The molecule has 8 heteroatoms. The number of aryl methyl sites for hydroxylation is 1. The van der Waals surface area contributed by atoms with Gasteiger partial charge in [0.25, 0.3) is 0 Å². The second-order valence-electron chi connectivity index (χ2n) is 9.92. The molecule has 1 fully saturated rings. The highest BCUT2D eigenvalue weighted by Crippen LogP contribution is 2.30. The first-order valence-electron chi connectivity index (χ1n) is 13.2. The SMILES string of the molecule is CC(=O)N(CC(=O)NCc1ccc(C)cc1)CC(=O)N1CCN(C(c2ccccc2)c2ccc(Cl)cc2)CC1. The number of nitrogens with one attached hydrogen (secondary N) is 1. The van der Waals surface area contributed by atoms with Crippen molar-refractivity contribution in [2.24, 2.45) is 0 Å². The summed E-state index contributed by atoms with van der Waals surface area (Å²) < 4.78 is 0. The van der Waals surface area contributed by atoms with E-state index in [-0.39, 0.29) is 36.9 Å². The minimum atomic E-state index is -0.306. The summed E-state index contributed by atoms with van der Waals surface area (Å²) in [6.07, 6.45) is 0. The van der Waals surface area contributed by atoms with E-state index < -0.39 is 0 Å². The Morgan fingerprint density at radius 1 is 0.846 bits per heavy atom. The molecular formula is C31H35ClN4O3. The van der Waals surface area contributed by atoms with Gasteiger partial charge in [0, 0.05) is 44.7 Å². The van der Waals surface area contributed by atoms with E-state index in [0.717, 1.165) is 16.7 Å². The van der Waals surface area contributed by atoms with Gasteiger partial charge < -0.3 is 15.1 Å². The number of halogens is 1. The molecule has 7 nitrogen and oxygen atoms in total. The highest BCUT2D eigenvalue weighted by Gasteiger charge is 2.29. The smallest absolute Gasteiger partial charge is 0.242 e. The molecule has 0 radical (unpaired) electrons. The lowest BCUT2D eigenvalue weighted by atomic mass is 9.96. The van der Waals surface area contributed by atoms with Crippen molar-refractivity contribution in [3.05, 3.63) is 106 Å². The highest BCUT2D eigenvalue weighted by molar-refractivity contribution is 6.30. The van der Waals surface area contributed by atoms with Crippen molar-refractivity contribution in [2.45, 2.75) is 26.4 Å². The van der Waals surface area contributed by atoms with Crippen molar-refractivity contribution in [2.75, 3.05) is 39.3 Å². The van der Waals surface area contributed by atoms with Crippen LogP contribution in [0.25, 0.3) is 0 Å². The average molecular weight is 547 g/mol. The molecule has 0 bridgehead atoms. The molecule has 3 amide bonds. The monoisotopic (exact) mass is 546 g/mol. The fourth-order valence-electron chi connectivity index (χ4n) is 4.80. The maximum Gasteiger partial charge on any atom is 0.242 e. The van der Waals surface area contributed by atoms with Gasteiger partial charge in [-0.05, 0) is 35.7 Å². The largest absolute Gasteiger partial charge is 0.350 e. The Morgan fingerprint density at radius 3 is 2.08 bits per heavy atom. The number of hydrogen-bond donors (Lipinski definition) is 1. The first-order valence-corrected chi connectivity index (χ1v) is 13.6. The molecule has 39 heavy (non-hydrogen) atoms. The summed E-state index contributed by atoms with van der Waals surface area (Å²) in [5.41, 5.74) is 4.45. The molecule has 204 valence electrons. The molecule has 4 rings (SSSR count). The van der Waals surface area contributed by atoms with Crippen LogP contribution < -0.4 is 5.32 Å². The average Bonchev–Trinajstić information content (AvgIpc) is 2.94. The lowest BCUT2D eigenvalue weighted by Crippen LogP contribution is -2.53. The summed E-state index contributed by atoms with van der Waals surface area (Å²) in [5.74, 6) is -0.754. The highest BCUT2D eigenvalue weighted by atomic mass is 35.5. The van der Waals surface area contributed by atoms with Crippen LogP contribution in [0.1, 0.15) is 35.2 Å². The van der Waals surface area contributed by atoms with Crippen LogP contribution in [0.2, 0.25) is 5.02 Å². The Kier molecular flexibility index (Phi) is 9.74. The first kappa shape index (κ1) is 28.3. The fraction of sp³-hybridized carbons (Fsp3) is 0.323. The van der Waals surface area contributed by atoms with E-state index in [2.05, 4.69) is 22.3 Å². The molecule has 0 aliphatic carbocycles. The second-order valence-corrected chi connectivity index (χ2v) is 10.4. The van der Waals surface area contributed by atoms with Crippen LogP contribution in [-0.2, 0) is 20.9 Å². The first-order chi connectivity index (χ1) is 18.8. The Hall–Kier alpha value is -3.68. The van der Waals surface area contributed by atoms with Gasteiger partial charge in [0.1, 0.15) is 13.1 Å². The number of carbonyl (C=O) groups excluding carboxylic acids is 3. The number of carbonyl (C=O) groups is 3. The zero-order chi connectivity index (χ0) is 27.8. The quantitative estimate of drug-likeness (QED) is 0.439. The van der Waals surface area contributed by atoms with Crippen LogP contribution in [0, 0.1) is 6.92 Å². The zero-order valence-electron chi connectivity index (χ0n) is 22.5. The molecule has 0 saturated carbocycles. The van der Waals surface area contributed by atoms with Crippen LogP contribution in [0.5, 0.6) is 0 Å². The Morgan fingerprint density at radius 2 is 1.46 bits per heavy atom. The Bertz CT molecular complexity index is 1260. The van der Waals surface area contributed by atoms with Crippen LogP contribution in [-0.4, -0.2) is 71.7 Å². The van der Waals surface area contributed by atoms with Gasteiger partial charge in [-0.15, -0.1) is 0 Å². The lowest BCUT2D eigenvalue weighted by Gasteiger charge is -2.40. The lowest BCUT2D eigenvalue weighted by molar-refractivity contribution is -0.142. The third-order valence-electron chi connectivity index (χ3n) is 7.05. The van der Waals surface area contributed by atoms with Crippen molar-refractivity contribution in [1.29, 1.82) is 0 Å². The van der Waals surface area contributed by atoms with Gasteiger partial charge in [-0.2, -0.15) is 0 Å². The normalized spacial score (nSPS) is 14.5. The minimum absolute atomic E-state index is 0.0478. The van der Waals surface area contributed by atoms with Gasteiger partial charge in [-0.25, -0.2) is 0 Å². The second kappa shape index (κ2) is 13.4. The van der Waals surface area contributed by atoms with Crippen molar-refractivity contribution in [1.82, 2.24) is 20.0 Å². The third kappa shape index (κ3) is 7.91. The van der Waals surface area contributed by atoms with Crippen molar-refractivity contribution in [3.8, 4) is 0 Å². The van der Waals surface area contributed by atoms with Gasteiger partial charge in [0.15, 0.2) is 0 Å². The maximum absolute atomic E-state index is 13.1. The molecule has 1 saturated heterocycles. The van der Waals surface area contributed by atoms with E-state index in [4.69, 9.17) is 11.6 Å². The molecule has 1 aliphatic rings. The summed E-state index contributed by atoms with van der Waals surface area (Å²) in [4.78, 5) is 43.3. The molecule has 1 aliphatic heterocycles. The topological polar surface area (TPSA) is 73.0 Å². The Balaban J connectivity index is 1.33. The predicted molar refractivity (Wildman–Crippen MR) is 153 cm³/mol. The van der Waals surface area contributed by atoms with Crippen LogP contribution in [0.15, 0.2) is 78.9 Å². The predicted octanol–water partition coefficient (Wildman–Crippen LogP) is 4.05. The number of rotatable bonds is 9. The maximum atomic E-state index is 13.1. The van der Waals surface area contributed by atoms with E-state index in [9.17, 15) is 14.4 Å². The minimum Gasteiger partial charge on any atom is -0.350 e. The zero-order valence-corrected chi connectivity index (χ0v) is 23.2. The molecule has 3 aromatic carbocycles. The number of benzene rings is 3. The number of piperazine rings is 1. The molecule has 3 aromatic rings. The molecular weight excluding hydrogens is 512 g/mol. The van der Waals surface area contributed by atoms with E-state index in [0.29, 0.717) is 37.7 Å². The van der Waals surface area contributed by atoms with Crippen LogP contribution in [0.3, 0.4) is 0 Å². The van der Waals surface area contributed by atoms with E-state index in [1.165, 1.54) is 17.4 Å². The van der Waals surface area contributed by atoms with E-state index in [1.807, 2.05) is 73.7 Å². The van der Waals surface area contributed by atoms with Crippen molar-refractivity contribution in [3.63, 3.8) is 0 Å². The van der Waals surface area contributed by atoms with E-state index in [1.54, 1.807) is 4.90 Å². The van der Waals surface area contributed by atoms with Crippen molar-refractivity contribution >= 4 is 29.3 Å². The van der Waals surface area contributed by atoms with Crippen LogP contribution in [0.4, 0.5) is 0 Å². The van der Waals surface area contributed by atoms with Gasteiger partial charge in [-0.1, -0.05) is 83.9 Å². The molecule has 1 N–H and O–H groups in total. The van der Waals surface area contributed by atoms with Crippen molar-refractivity contribution < 1.29 is 14.4 Å². The summed E-state index contributed by atoms with van der Waals surface area (Å²) in [6.45, 7) is 5.95. The third-order valence-corrected chi connectivity index (χ3v) is 7.30. The molecule has 0 spiro atoms. The molecule has 1 heterocycles. The molecule has 0 aromatic heterocycles. The summed E-state index contributed by atoms with van der Waals surface area (Å²) in [5, 5.41) is 3.53. The molecule has 1 atom stereocenters. The summed E-state index contributed by atoms with van der Waals surface area (Å²) in [7, 11) is 0. The number of nitrogens with zero attached hydrogens (tertiary/aromatic N) is 3. The molecule has 1 unspecified atom stereocenters. The standard InChI is InChI=1S/C31H35ClN4O3/c1-23-8-10-25(11-9-23)20-33-29(38)21-36(24(2)37)22-30(39)34-16-18-35(19-17-34)31(26-6-4-3-5-7-26)27-12-14-28(32)15-13-27/h3-15,31H,16-22H2,1-2H3,(H,33,38). The van der Waals surface area contributed by atoms with Gasteiger partial charge in [-0.3, -0.25) is 19.3 Å². The van der Waals surface area contributed by atoms with Gasteiger partial charge in [0.2, 0.25) is 17.7 Å². The summed E-state index contributed by atoms with van der Waals surface area (Å²) in [6, 6.07) is 26.1. The van der Waals surface area contributed by atoms with Gasteiger partial charge in [0.05, 0.1) is 6.04 Å².